The number of phenolic OH excluding ortho intramolecular Hbond substituents is 1. The third-order valence-electron chi connectivity index (χ3n) is 5.99. The number of aromatic hydroxyl groups is 1. The molecule has 3 heterocycles. The molecular formula is C26H23N5O3S. The van der Waals surface area contributed by atoms with Crippen molar-refractivity contribution in [2.75, 3.05) is 17.5 Å². The standard InChI is InChI=1S/C26H23N5O3S/c1-33-18-13-11-16(12-14-18)20-15-35-26(27-20)31-25-24(34-25)23(22(30-31)17-7-3-2-4-8-17)29-28-19-9-5-6-10-21(19)32/h2-15,23-25,28-29,32H,1H3. The van der Waals surface area contributed by atoms with Crippen molar-refractivity contribution in [3.63, 3.8) is 0 Å². The monoisotopic (exact) mass is 485 g/mol. The van der Waals surface area contributed by atoms with Crippen molar-refractivity contribution < 1.29 is 14.6 Å². The van der Waals surface area contributed by atoms with E-state index in [-0.39, 0.29) is 24.1 Å². The van der Waals surface area contributed by atoms with Crippen molar-refractivity contribution in [1.82, 2.24) is 10.4 Å². The van der Waals surface area contributed by atoms with Gasteiger partial charge in [0.2, 0.25) is 5.13 Å². The van der Waals surface area contributed by atoms with Gasteiger partial charge in [-0.2, -0.15) is 5.10 Å². The molecule has 6 rings (SSSR count). The number of ether oxygens (including phenoxy) is 2. The minimum Gasteiger partial charge on any atom is -0.506 e. The summed E-state index contributed by atoms with van der Waals surface area (Å²) in [5.41, 5.74) is 10.7. The zero-order valence-electron chi connectivity index (χ0n) is 18.8. The lowest BCUT2D eigenvalue weighted by Gasteiger charge is -2.27. The molecule has 2 aliphatic heterocycles. The van der Waals surface area contributed by atoms with E-state index in [1.165, 1.54) is 11.3 Å². The number of para-hydroxylation sites is 2. The summed E-state index contributed by atoms with van der Waals surface area (Å²) in [4.78, 5) is 4.84. The molecule has 0 amide bonds. The summed E-state index contributed by atoms with van der Waals surface area (Å²) in [6, 6.07) is 24.7. The molecule has 0 spiro atoms. The number of aromatic nitrogens is 1. The number of fused-ring (bicyclic) bond motifs is 1. The molecule has 1 saturated heterocycles. The number of hydrogen-bond donors (Lipinski definition) is 3. The Morgan fingerprint density at radius 3 is 2.51 bits per heavy atom. The number of hydrazone groups is 1. The van der Waals surface area contributed by atoms with Crippen molar-refractivity contribution in [2.24, 2.45) is 5.10 Å². The lowest BCUT2D eigenvalue weighted by atomic mass is 9.99. The highest BCUT2D eigenvalue weighted by Gasteiger charge is 2.55. The van der Waals surface area contributed by atoms with Crippen LogP contribution in [0.25, 0.3) is 11.3 Å². The minimum absolute atomic E-state index is 0.130. The molecule has 2 aliphatic rings. The Morgan fingerprint density at radius 2 is 1.74 bits per heavy atom. The predicted octanol–water partition coefficient (Wildman–Crippen LogP) is 4.46. The molecule has 0 radical (unpaired) electrons. The molecule has 3 aromatic carbocycles. The molecule has 176 valence electrons. The average Bonchev–Trinajstić information content (AvgIpc) is 3.56. The van der Waals surface area contributed by atoms with Gasteiger partial charge < -0.3 is 20.0 Å². The van der Waals surface area contributed by atoms with Crippen molar-refractivity contribution in [3.8, 4) is 22.8 Å². The van der Waals surface area contributed by atoms with Crippen molar-refractivity contribution in [1.29, 1.82) is 0 Å². The van der Waals surface area contributed by atoms with Gasteiger partial charge in [0.15, 0.2) is 6.23 Å². The summed E-state index contributed by atoms with van der Waals surface area (Å²) in [6.45, 7) is 0. The van der Waals surface area contributed by atoms with Gasteiger partial charge >= 0.3 is 0 Å². The second-order valence-electron chi connectivity index (χ2n) is 8.20. The summed E-state index contributed by atoms with van der Waals surface area (Å²) < 4.78 is 11.3. The Labute approximate surface area is 206 Å². The van der Waals surface area contributed by atoms with Crippen LogP contribution in [0.15, 0.2) is 89.3 Å². The van der Waals surface area contributed by atoms with Crippen LogP contribution in [0.5, 0.6) is 11.5 Å². The Bertz CT molecular complexity index is 1360. The van der Waals surface area contributed by atoms with Gasteiger partial charge in [0.1, 0.15) is 23.6 Å². The third-order valence-corrected chi connectivity index (χ3v) is 6.82. The normalized spacial score (nSPS) is 20.7. The largest absolute Gasteiger partial charge is 0.506 e. The van der Waals surface area contributed by atoms with Crippen LogP contribution < -0.4 is 20.6 Å². The van der Waals surface area contributed by atoms with Crippen molar-refractivity contribution >= 4 is 27.9 Å². The van der Waals surface area contributed by atoms with E-state index < -0.39 is 0 Å². The van der Waals surface area contributed by atoms with E-state index in [4.69, 9.17) is 19.6 Å². The number of hydrazine groups is 1. The first-order valence-electron chi connectivity index (χ1n) is 11.2. The zero-order valence-corrected chi connectivity index (χ0v) is 19.6. The number of nitrogens with one attached hydrogen (secondary N) is 2. The Hall–Kier alpha value is -3.92. The van der Waals surface area contributed by atoms with E-state index in [1.54, 1.807) is 25.3 Å². The van der Waals surface area contributed by atoms with E-state index in [9.17, 15) is 5.11 Å². The average molecular weight is 486 g/mol. The fraction of sp³-hybridized carbons (Fsp3) is 0.154. The number of epoxide rings is 1. The van der Waals surface area contributed by atoms with Gasteiger partial charge in [-0.15, -0.1) is 11.3 Å². The van der Waals surface area contributed by atoms with Gasteiger partial charge in [-0.25, -0.2) is 15.4 Å². The molecule has 35 heavy (non-hydrogen) atoms. The molecule has 0 bridgehead atoms. The Balaban J connectivity index is 1.30. The van der Waals surface area contributed by atoms with Gasteiger partial charge in [-0.3, -0.25) is 0 Å². The van der Waals surface area contributed by atoms with Crippen molar-refractivity contribution in [2.45, 2.75) is 18.4 Å². The lowest BCUT2D eigenvalue weighted by molar-refractivity contribution is 0.357. The molecule has 4 aromatic rings. The minimum atomic E-state index is -0.223. The maximum absolute atomic E-state index is 10.1. The number of hydrogen-bond acceptors (Lipinski definition) is 9. The van der Waals surface area contributed by atoms with Gasteiger partial charge in [0.25, 0.3) is 0 Å². The lowest BCUT2D eigenvalue weighted by Crippen LogP contribution is -2.50. The van der Waals surface area contributed by atoms with Gasteiger partial charge in [-0.1, -0.05) is 42.5 Å². The molecule has 8 nitrogen and oxygen atoms in total. The highest BCUT2D eigenvalue weighted by atomic mass is 32.1. The van der Waals surface area contributed by atoms with E-state index in [2.05, 4.69) is 10.9 Å². The number of thiazole rings is 1. The SMILES string of the molecule is COc1ccc(-c2csc(N3N=C(c4ccccc4)C(NNc4ccccc4O)C4OC43)n2)cc1. The van der Waals surface area contributed by atoms with Gasteiger partial charge in [-0.05, 0) is 42.0 Å². The number of methoxy groups -OCH3 is 1. The Morgan fingerprint density at radius 1 is 0.971 bits per heavy atom. The second-order valence-corrected chi connectivity index (χ2v) is 9.03. The first-order valence-corrected chi connectivity index (χ1v) is 12.1. The smallest absolute Gasteiger partial charge is 0.209 e. The summed E-state index contributed by atoms with van der Waals surface area (Å²) in [6.07, 6.45) is -0.351. The maximum Gasteiger partial charge on any atom is 0.209 e. The molecule has 0 aliphatic carbocycles. The van der Waals surface area contributed by atoms with E-state index in [0.29, 0.717) is 5.69 Å². The van der Waals surface area contributed by atoms with E-state index in [0.717, 1.165) is 33.4 Å². The highest BCUT2D eigenvalue weighted by molar-refractivity contribution is 7.14. The van der Waals surface area contributed by atoms with E-state index >= 15 is 0 Å². The van der Waals surface area contributed by atoms with Gasteiger partial charge in [0, 0.05) is 10.9 Å². The van der Waals surface area contributed by atoms with Crippen LogP contribution >= 0.6 is 11.3 Å². The first-order chi connectivity index (χ1) is 17.2. The highest BCUT2D eigenvalue weighted by Crippen LogP contribution is 2.40. The van der Waals surface area contributed by atoms with E-state index in [1.807, 2.05) is 71.1 Å². The van der Waals surface area contributed by atoms with Crippen LogP contribution in [0.2, 0.25) is 0 Å². The molecular weight excluding hydrogens is 462 g/mol. The van der Waals surface area contributed by atoms with Crippen LogP contribution in [-0.4, -0.2) is 41.3 Å². The summed E-state index contributed by atoms with van der Waals surface area (Å²) in [5.74, 6) is 0.972. The van der Waals surface area contributed by atoms with Crippen LogP contribution in [0, 0.1) is 0 Å². The first kappa shape index (κ1) is 21.6. The molecule has 9 heteroatoms. The summed E-state index contributed by atoms with van der Waals surface area (Å²) >= 11 is 1.53. The number of benzene rings is 3. The molecule has 3 atom stereocenters. The third kappa shape index (κ3) is 4.21. The second kappa shape index (κ2) is 9.03. The van der Waals surface area contributed by atoms with Crippen LogP contribution in [-0.2, 0) is 4.74 Å². The molecule has 0 saturated carbocycles. The zero-order chi connectivity index (χ0) is 23.8. The van der Waals surface area contributed by atoms with Crippen LogP contribution in [0.3, 0.4) is 0 Å². The maximum atomic E-state index is 10.1. The molecule has 3 unspecified atom stereocenters. The number of anilines is 2. The number of rotatable bonds is 7. The van der Waals surface area contributed by atoms with Gasteiger partial charge in [0.05, 0.1) is 24.2 Å². The number of nitrogens with zero attached hydrogens (tertiary/aromatic N) is 3. The quantitative estimate of drug-likeness (QED) is 0.202. The molecule has 1 aromatic heterocycles. The summed E-state index contributed by atoms with van der Waals surface area (Å²) in [7, 11) is 1.65. The molecule has 3 N–H and O–H groups in total. The fourth-order valence-electron chi connectivity index (χ4n) is 4.09. The van der Waals surface area contributed by atoms with Crippen LogP contribution in [0.4, 0.5) is 10.8 Å². The van der Waals surface area contributed by atoms with Crippen LogP contribution in [0.1, 0.15) is 5.56 Å². The fourth-order valence-corrected chi connectivity index (χ4v) is 4.90. The number of phenols is 1. The predicted molar refractivity (Wildman–Crippen MR) is 137 cm³/mol. The summed E-state index contributed by atoms with van der Waals surface area (Å²) in [5, 5.41) is 19.8. The molecule has 1 fully saturated rings. The topological polar surface area (TPSA) is 94.5 Å². The van der Waals surface area contributed by atoms with Crippen molar-refractivity contribution in [3.05, 3.63) is 89.8 Å². The Kier molecular flexibility index (Phi) is 5.57.